The van der Waals surface area contributed by atoms with Crippen LogP contribution in [0.1, 0.15) is 48.0 Å². The molecular weight excluding hydrogens is 328 g/mol. The Kier molecular flexibility index (Phi) is 8.25. The Hall–Kier alpha value is -1.91. The van der Waals surface area contributed by atoms with E-state index in [9.17, 15) is 15.0 Å². The van der Waals surface area contributed by atoms with Crippen molar-refractivity contribution in [1.82, 2.24) is 0 Å². The second kappa shape index (κ2) is 9.70. The van der Waals surface area contributed by atoms with Gasteiger partial charge in [-0.1, -0.05) is 57.2 Å². The number of aliphatic hydroxyl groups excluding tert-OH is 1. The summed E-state index contributed by atoms with van der Waals surface area (Å²) in [4.78, 5) is 11.7. The van der Waals surface area contributed by atoms with Crippen LogP contribution in [0, 0.1) is 11.8 Å². The summed E-state index contributed by atoms with van der Waals surface area (Å²) in [5.74, 6) is -1.20. The van der Waals surface area contributed by atoms with Crippen LogP contribution in [0.3, 0.4) is 0 Å². The molecule has 0 spiro atoms. The molecule has 1 aliphatic heterocycles. The molecule has 0 saturated carbocycles. The van der Waals surface area contributed by atoms with Gasteiger partial charge in [-0.05, 0) is 37.8 Å². The zero-order chi connectivity index (χ0) is 19.9. The molecule has 0 saturated heterocycles. The summed E-state index contributed by atoms with van der Waals surface area (Å²) in [6.45, 7) is 11.2. The van der Waals surface area contributed by atoms with Crippen molar-refractivity contribution in [1.29, 1.82) is 0 Å². The van der Waals surface area contributed by atoms with E-state index in [0.29, 0.717) is 17.3 Å². The van der Waals surface area contributed by atoms with Crippen molar-refractivity contribution in [3.63, 3.8) is 0 Å². The lowest BCUT2D eigenvalue weighted by Gasteiger charge is -2.16. The smallest absolute Gasteiger partial charge is 0.269 e. The summed E-state index contributed by atoms with van der Waals surface area (Å²) in [5, 5.41) is 20.1. The highest BCUT2D eigenvalue weighted by Gasteiger charge is 2.41. The molecule has 144 valence electrons. The molecule has 0 aromatic carbocycles. The summed E-state index contributed by atoms with van der Waals surface area (Å²) >= 11 is 0. The third kappa shape index (κ3) is 6.43. The minimum Gasteiger partial charge on any atom is -0.455 e. The molecule has 0 unspecified atom stereocenters. The number of allylic oxidation sites excluding steroid dienone is 6. The highest BCUT2D eigenvalue weighted by atomic mass is 16.6. The molecule has 4 nitrogen and oxygen atoms in total. The van der Waals surface area contributed by atoms with Gasteiger partial charge in [-0.15, -0.1) is 0 Å². The van der Waals surface area contributed by atoms with Gasteiger partial charge in [0.25, 0.3) is 5.79 Å². The van der Waals surface area contributed by atoms with Crippen molar-refractivity contribution < 1.29 is 19.7 Å². The van der Waals surface area contributed by atoms with Crippen LogP contribution >= 0.6 is 0 Å². The zero-order valence-corrected chi connectivity index (χ0v) is 16.7. The van der Waals surface area contributed by atoms with E-state index in [4.69, 9.17) is 4.74 Å². The molecule has 26 heavy (non-hydrogen) atoms. The van der Waals surface area contributed by atoms with Crippen LogP contribution in [0.25, 0.3) is 0 Å². The molecule has 1 rings (SSSR count). The highest BCUT2D eigenvalue weighted by Crippen LogP contribution is 2.28. The fraction of sp³-hybridized carbons (Fsp3) is 0.500. The standard InChI is InChI=1S/C22H32O4/c1-15(2)13-14-17(4)20(23)16(3)11-9-7-8-10-12-19-18(5)21(24)22(6,25)26-19/h7-12,14-16,20,23,25H,13H2,1-6H3/b8-7-,11-9+,12-10+,17-14+/t16-,20-,22+/m1/s1. The topological polar surface area (TPSA) is 66.8 Å². The first-order valence-electron chi connectivity index (χ1n) is 9.09. The fourth-order valence-corrected chi connectivity index (χ4v) is 2.53. The Balaban J connectivity index is 2.56. The molecular formula is C22H32O4. The van der Waals surface area contributed by atoms with Gasteiger partial charge in [-0.2, -0.15) is 0 Å². The lowest BCUT2D eigenvalue weighted by molar-refractivity contribution is -0.168. The molecule has 1 heterocycles. The summed E-state index contributed by atoms with van der Waals surface area (Å²) in [6.07, 6.45) is 13.5. The van der Waals surface area contributed by atoms with Crippen LogP contribution in [0.2, 0.25) is 0 Å². The van der Waals surface area contributed by atoms with Crippen molar-refractivity contribution in [2.45, 2.75) is 59.9 Å². The minimum atomic E-state index is -1.76. The van der Waals surface area contributed by atoms with E-state index in [1.165, 1.54) is 6.92 Å². The van der Waals surface area contributed by atoms with Gasteiger partial charge in [0.2, 0.25) is 5.78 Å². The Morgan fingerprint density at radius 2 is 1.81 bits per heavy atom. The number of carbonyl (C=O) groups is 1. The molecule has 0 fully saturated rings. The molecule has 0 radical (unpaired) electrons. The highest BCUT2D eigenvalue weighted by molar-refractivity contribution is 6.02. The Bertz CT molecular complexity index is 645. The number of aliphatic hydroxyl groups is 2. The number of Topliss-reactive ketones (excluding diaryl/α,β-unsaturated/α-hetero) is 1. The van der Waals surface area contributed by atoms with E-state index in [-0.39, 0.29) is 5.92 Å². The van der Waals surface area contributed by atoms with Crippen LogP contribution in [-0.4, -0.2) is 27.9 Å². The van der Waals surface area contributed by atoms with Gasteiger partial charge in [-0.25, -0.2) is 0 Å². The molecule has 0 amide bonds. The number of hydrogen-bond acceptors (Lipinski definition) is 4. The maximum Gasteiger partial charge on any atom is 0.269 e. The van der Waals surface area contributed by atoms with Crippen LogP contribution in [-0.2, 0) is 9.53 Å². The largest absolute Gasteiger partial charge is 0.455 e. The van der Waals surface area contributed by atoms with E-state index < -0.39 is 17.7 Å². The second-order valence-electron chi connectivity index (χ2n) is 7.41. The van der Waals surface area contributed by atoms with Crippen LogP contribution in [0.5, 0.6) is 0 Å². The third-order valence-electron chi connectivity index (χ3n) is 4.31. The summed E-state index contributed by atoms with van der Waals surface area (Å²) in [7, 11) is 0. The Morgan fingerprint density at radius 3 is 2.35 bits per heavy atom. The van der Waals surface area contributed by atoms with Crippen molar-refractivity contribution >= 4 is 5.78 Å². The Morgan fingerprint density at radius 1 is 1.19 bits per heavy atom. The minimum absolute atomic E-state index is 0.0166. The predicted molar refractivity (Wildman–Crippen MR) is 105 cm³/mol. The van der Waals surface area contributed by atoms with Crippen molar-refractivity contribution in [3.05, 3.63) is 59.4 Å². The van der Waals surface area contributed by atoms with Crippen LogP contribution in [0.15, 0.2) is 59.4 Å². The number of ketones is 1. The monoisotopic (exact) mass is 360 g/mol. The van der Waals surface area contributed by atoms with E-state index in [2.05, 4.69) is 19.9 Å². The van der Waals surface area contributed by atoms with Crippen molar-refractivity contribution in [2.75, 3.05) is 0 Å². The van der Waals surface area contributed by atoms with Crippen LogP contribution in [0.4, 0.5) is 0 Å². The summed E-state index contributed by atoms with van der Waals surface area (Å²) in [5.41, 5.74) is 1.41. The lowest BCUT2D eigenvalue weighted by atomic mass is 9.96. The van der Waals surface area contributed by atoms with E-state index in [1.807, 2.05) is 32.1 Å². The maximum atomic E-state index is 11.7. The maximum absolute atomic E-state index is 11.7. The molecule has 2 N–H and O–H groups in total. The van der Waals surface area contributed by atoms with Crippen molar-refractivity contribution in [3.8, 4) is 0 Å². The average Bonchev–Trinajstić information content (AvgIpc) is 2.77. The third-order valence-corrected chi connectivity index (χ3v) is 4.31. The first-order chi connectivity index (χ1) is 12.1. The number of hydrogen-bond donors (Lipinski definition) is 2. The molecule has 0 bridgehead atoms. The fourth-order valence-electron chi connectivity index (χ4n) is 2.53. The number of rotatable bonds is 8. The summed E-state index contributed by atoms with van der Waals surface area (Å²) in [6, 6.07) is 0. The SMILES string of the molecule is CC1=C(/C=C/C=C\C=C\[C@@H](C)[C@@H](O)/C(C)=C/CC(C)C)O[C@](C)(O)C1=O. The van der Waals surface area contributed by atoms with Gasteiger partial charge in [0.05, 0.1) is 6.10 Å². The van der Waals surface area contributed by atoms with E-state index >= 15 is 0 Å². The van der Waals surface area contributed by atoms with Crippen molar-refractivity contribution in [2.24, 2.45) is 11.8 Å². The van der Waals surface area contributed by atoms with E-state index in [0.717, 1.165) is 12.0 Å². The molecule has 1 aliphatic rings. The predicted octanol–water partition coefficient (Wildman–Crippen LogP) is 4.23. The van der Waals surface area contributed by atoms with Gasteiger partial charge in [0.15, 0.2) is 0 Å². The van der Waals surface area contributed by atoms with Gasteiger partial charge in [0, 0.05) is 18.4 Å². The second-order valence-corrected chi connectivity index (χ2v) is 7.41. The number of ether oxygens (including phenoxy) is 1. The van der Waals surface area contributed by atoms with Gasteiger partial charge in [0.1, 0.15) is 5.76 Å². The normalized spacial score (nSPS) is 24.5. The van der Waals surface area contributed by atoms with Gasteiger partial charge < -0.3 is 14.9 Å². The number of carbonyl (C=O) groups excluding carboxylic acids is 1. The molecule has 0 aromatic rings. The quantitative estimate of drug-likeness (QED) is 0.502. The molecule has 0 aromatic heterocycles. The first-order valence-corrected chi connectivity index (χ1v) is 9.09. The average molecular weight is 360 g/mol. The van der Waals surface area contributed by atoms with Gasteiger partial charge >= 0.3 is 0 Å². The molecule has 4 heteroatoms. The van der Waals surface area contributed by atoms with Gasteiger partial charge in [-0.3, -0.25) is 4.79 Å². The summed E-state index contributed by atoms with van der Waals surface area (Å²) < 4.78 is 5.22. The Labute approximate surface area is 157 Å². The molecule has 0 aliphatic carbocycles. The molecule has 3 atom stereocenters. The first kappa shape index (κ1) is 22.1. The van der Waals surface area contributed by atoms with E-state index in [1.54, 1.807) is 25.2 Å². The lowest BCUT2D eigenvalue weighted by Crippen LogP contribution is -2.32. The van der Waals surface area contributed by atoms with Crippen LogP contribution < -0.4 is 0 Å². The zero-order valence-electron chi connectivity index (χ0n) is 16.7.